The van der Waals surface area contributed by atoms with Crippen LogP contribution in [0.1, 0.15) is 10.5 Å². The molecule has 3 heteroatoms. The first-order chi connectivity index (χ1) is 5.24. The van der Waals surface area contributed by atoms with Crippen LogP contribution in [0.5, 0.6) is 0 Å². The largest absolute Gasteiger partial charge is 0.315 e. The quantitative estimate of drug-likeness (QED) is 0.482. The summed E-state index contributed by atoms with van der Waals surface area (Å²) < 4.78 is 0. The van der Waals surface area contributed by atoms with Gasteiger partial charge in [-0.25, -0.2) is 0 Å². The first kappa shape index (κ1) is 9.10. The Morgan fingerprint density at radius 3 is 2.27 bits per heavy atom. The van der Waals surface area contributed by atoms with E-state index < -0.39 is 0 Å². The van der Waals surface area contributed by atoms with Crippen molar-refractivity contribution in [3.8, 4) is 0 Å². The highest BCUT2D eigenvalue weighted by Gasteiger charge is 1.98. The Balaban J connectivity index is 2.83. The van der Waals surface area contributed by atoms with Gasteiger partial charge in [0.25, 0.3) is 0 Å². The fourth-order valence-electron chi connectivity index (χ4n) is 0.788. The van der Waals surface area contributed by atoms with Crippen molar-refractivity contribution in [1.29, 1.82) is 0 Å². The Bertz CT molecular complexity index is 220. The fraction of sp³-hybridized carbons (Fsp3) is 0.250. The highest BCUT2D eigenvalue weighted by atomic mass is 79.9. The molecule has 60 valence electrons. The first-order valence-electron chi connectivity index (χ1n) is 3.27. The molecule has 0 spiro atoms. The summed E-state index contributed by atoms with van der Waals surface area (Å²) in [6.45, 7) is 0. The van der Waals surface area contributed by atoms with Crippen LogP contribution >= 0.6 is 27.7 Å². The molecule has 0 fully saturated rings. The van der Waals surface area contributed by atoms with Crippen molar-refractivity contribution in [2.24, 2.45) is 5.73 Å². The molecule has 1 unspecified atom stereocenters. The van der Waals surface area contributed by atoms with Gasteiger partial charge in [-0.2, -0.15) is 0 Å². The third-order valence-electron chi connectivity index (χ3n) is 1.43. The maximum absolute atomic E-state index is 5.62. The normalized spacial score (nSPS) is 13.0. The summed E-state index contributed by atoms with van der Waals surface area (Å²) in [5.74, 6) is 0. The molecule has 11 heavy (non-hydrogen) atoms. The lowest BCUT2D eigenvalue weighted by atomic mass is 10.2. The molecule has 0 aliphatic carbocycles. The molecule has 0 heterocycles. The van der Waals surface area contributed by atoms with E-state index in [9.17, 15) is 0 Å². The minimum atomic E-state index is -0.0431. The highest BCUT2D eigenvalue weighted by Crippen LogP contribution is 2.20. The zero-order valence-corrected chi connectivity index (χ0v) is 8.65. The van der Waals surface area contributed by atoms with Gasteiger partial charge in [0.05, 0.1) is 4.95 Å². The van der Waals surface area contributed by atoms with Crippen molar-refractivity contribution in [2.45, 2.75) is 9.85 Å². The molecule has 0 aliphatic rings. The average molecular weight is 232 g/mol. The third kappa shape index (κ3) is 2.51. The smallest absolute Gasteiger partial charge is 0.0861 e. The zero-order chi connectivity index (χ0) is 8.27. The highest BCUT2D eigenvalue weighted by molar-refractivity contribution is 9.09. The van der Waals surface area contributed by atoms with Crippen LogP contribution in [0.4, 0.5) is 0 Å². The zero-order valence-electron chi connectivity index (χ0n) is 6.25. The van der Waals surface area contributed by atoms with Crippen LogP contribution in [0.2, 0.25) is 0 Å². The van der Waals surface area contributed by atoms with Gasteiger partial charge in [0.2, 0.25) is 0 Å². The number of thioether (sulfide) groups is 1. The third-order valence-corrected chi connectivity index (χ3v) is 2.71. The molecule has 1 aromatic carbocycles. The van der Waals surface area contributed by atoms with Crippen molar-refractivity contribution in [3.63, 3.8) is 0 Å². The number of hydrogen-bond acceptors (Lipinski definition) is 2. The number of hydrogen-bond donors (Lipinski definition) is 1. The lowest BCUT2D eigenvalue weighted by molar-refractivity contribution is 1.05. The molecule has 1 nitrogen and oxygen atoms in total. The van der Waals surface area contributed by atoms with Crippen LogP contribution in [-0.4, -0.2) is 6.26 Å². The van der Waals surface area contributed by atoms with E-state index in [1.165, 1.54) is 4.90 Å². The summed E-state index contributed by atoms with van der Waals surface area (Å²) in [6, 6.07) is 8.21. The lowest BCUT2D eigenvalue weighted by Gasteiger charge is -2.03. The van der Waals surface area contributed by atoms with Gasteiger partial charge < -0.3 is 5.73 Å². The van der Waals surface area contributed by atoms with Crippen LogP contribution in [0.25, 0.3) is 0 Å². The second kappa shape index (κ2) is 4.14. The van der Waals surface area contributed by atoms with Crippen LogP contribution in [0.3, 0.4) is 0 Å². The molecule has 2 N–H and O–H groups in total. The Morgan fingerprint density at radius 1 is 1.36 bits per heavy atom. The van der Waals surface area contributed by atoms with Gasteiger partial charge in [-0.1, -0.05) is 28.1 Å². The van der Waals surface area contributed by atoms with Crippen molar-refractivity contribution in [2.75, 3.05) is 6.26 Å². The molecular formula is C8H10BrNS. The first-order valence-corrected chi connectivity index (χ1v) is 5.41. The van der Waals surface area contributed by atoms with Crippen molar-refractivity contribution in [1.82, 2.24) is 0 Å². The van der Waals surface area contributed by atoms with Crippen LogP contribution < -0.4 is 5.73 Å². The number of rotatable bonds is 2. The van der Waals surface area contributed by atoms with Gasteiger partial charge in [0, 0.05) is 4.90 Å². The molecule has 1 atom stereocenters. The van der Waals surface area contributed by atoms with E-state index in [1.54, 1.807) is 11.8 Å². The van der Waals surface area contributed by atoms with E-state index in [-0.39, 0.29) is 4.95 Å². The lowest BCUT2D eigenvalue weighted by Crippen LogP contribution is -2.00. The number of halogens is 1. The predicted molar refractivity (Wildman–Crippen MR) is 54.1 cm³/mol. The van der Waals surface area contributed by atoms with E-state index in [0.717, 1.165) is 5.56 Å². The summed E-state index contributed by atoms with van der Waals surface area (Å²) in [7, 11) is 0. The molecule has 0 saturated carbocycles. The summed E-state index contributed by atoms with van der Waals surface area (Å²) in [5.41, 5.74) is 6.73. The molecule has 0 amide bonds. The van der Waals surface area contributed by atoms with Gasteiger partial charge in [0.15, 0.2) is 0 Å². The standard InChI is InChI=1S/C8H10BrNS/c1-11-7-4-2-6(3-5-7)8(9)10/h2-5,8H,10H2,1H3. The van der Waals surface area contributed by atoms with E-state index in [2.05, 4.69) is 34.3 Å². The van der Waals surface area contributed by atoms with Gasteiger partial charge in [-0.3, -0.25) is 0 Å². The molecular weight excluding hydrogens is 222 g/mol. The molecule has 0 radical (unpaired) electrons. The second-order valence-electron chi connectivity index (χ2n) is 2.17. The van der Waals surface area contributed by atoms with Crippen molar-refractivity contribution >= 4 is 27.7 Å². The number of nitrogens with two attached hydrogens (primary N) is 1. The van der Waals surface area contributed by atoms with Crippen LogP contribution in [-0.2, 0) is 0 Å². The minimum absolute atomic E-state index is 0.0431. The molecule has 0 saturated heterocycles. The van der Waals surface area contributed by atoms with Crippen LogP contribution in [0, 0.1) is 0 Å². The predicted octanol–water partition coefficient (Wildman–Crippen LogP) is 2.76. The summed E-state index contributed by atoms with van der Waals surface area (Å²) in [6.07, 6.45) is 2.06. The topological polar surface area (TPSA) is 26.0 Å². The molecule has 0 aliphatic heterocycles. The van der Waals surface area contributed by atoms with Gasteiger partial charge in [0.1, 0.15) is 0 Å². The summed E-state index contributed by atoms with van der Waals surface area (Å²) in [4.78, 5) is 1.22. The van der Waals surface area contributed by atoms with Gasteiger partial charge >= 0.3 is 0 Å². The molecule has 0 aromatic heterocycles. The van der Waals surface area contributed by atoms with Crippen LogP contribution in [0.15, 0.2) is 29.2 Å². The monoisotopic (exact) mass is 231 g/mol. The van der Waals surface area contributed by atoms with E-state index in [1.807, 2.05) is 12.1 Å². The van der Waals surface area contributed by atoms with E-state index in [0.29, 0.717) is 0 Å². The Morgan fingerprint density at radius 2 is 1.91 bits per heavy atom. The maximum atomic E-state index is 5.62. The van der Waals surface area contributed by atoms with E-state index in [4.69, 9.17) is 5.73 Å². The summed E-state index contributed by atoms with van der Waals surface area (Å²) >= 11 is 5.03. The average Bonchev–Trinajstić information content (AvgIpc) is 2.05. The van der Waals surface area contributed by atoms with Gasteiger partial charge in [-0.15, -0.1) is 11.8 Å². The molecule has 1 aromatic rings. The SMILES string of the molecule is CSc1ccc(C(N)Br)cc1. The van der Waals surface area contributed by atoms with Crippen molar-refractivity contribution < 1.29 is 0 Å². The van der Waals surface area contributed by atoms with E-state index >= 15 is 0 Å². The Kier molecular flexibility index (Phi) is 3.43. The minimum Gasteiger partial charge on any atom is -0.315 e. The Labute approximate surface area is 79.5 Å². The number of benzene rings is 1. The second-order valence-corrected chi connectivity index (χ2v) is 4.04. The maximum Gasteiger partial charge on any atom is 0.0861 e. The van der Waals surface area contributed by atoms with Gasteiger partial charge in [-0.05, 0) is 24.0 Å². The molecule has 0 bridgehead atoms. The van der Waals surface area contributed by atoms with Crippen molar-refractivity contribution in [3.05, 3.63) is 29.8 Å². The summed E-state index contributed by atoms with van der Waals surface area (Å²) in [5, 5.41) is 0. The molecule has 1 rings (SSSR count). The fourth-order valence-corrected chi connectivity index (χ4v) is 1.50. The Hall–Kier alpha value is 0.01000. The number of alkyl halides is 1.